The maximum Gasteiger partial charge on any atom is 0.254 e. The van der Waals surface area contributed by atoms with E-state index in [4.69, 9.17) is 4.74 Å². The van der Waals surface area contributed by atoms with Crippen LogP contribution in [0.15, 0.2) is 24.3 Å². The number of hydrogen-bond donors (Lipinski definition) is 1. The van der Waals surface area contributed by atoms with Crippen molar-refractivity contribution in [2.24, 2.45) is 17.3 Å². The number of piperazine rings is 1. The van der Waals surface area contributed by atoms with E-state index in [1.807, 2.05) is 24.3 Å². The normalized spacial score (nSPS) is 25.5. The van der Waals surface area contributed by atoms with Gasteiger partial charge in [-0.25, -0.2) is 0 Å². The van der Waals surface area contributed by atoms with E-state index in [0.717, 1.165) is 38.4 Å². The van der Waals surface area contributed by atoms with Crippen LogP contribution in [0.2, 0.25) is 0 Å². The van der Waals surface area contributed by atoms with Gasteiger partial charge in [-0.05, 0) is 36.4 Å². The lowest BCUT2D eigenvalue weighted by atomic mass is 9.87. The molecule has 3 heterocycles. The van der Waals surface area contributed by atoms with Crippen molar-refractivity contribution in [2.75, 3.05) is 50.8 Å². The van der Waals surface area contributed by atoms with Crippen molar-refractivity contribution < 1.29 is 19.1 Å². The molecule has 4 rings (SSSR count). The Kier molecular flexibility index (Phi) is 8.29. The number of anilines is 1. The molecule has 3 saturated heterocycles. The van der Waals surface area contributed by atoms with Gasteiger partial charge in [-0.15, -0.1) is 0 Å². The molecular weight excluding hydrogens is 468 g/mol. The van der Waals surface area contributed by atoms with Crippen LogP contribution in [0.3, 0.4) is 0 Å². The SMILES string of the molecule is CCN1CCN(c2ccccc2C(=O)N[C@@H](CC(C)(C)C)C(=O)N2C[C@H](C(C)C)[C@H]3OCC(=O)[C@H]32)CC1. The lowest BCUT2D eigenvalue weighted by Gasteiger charge is -2.36. The molecule has 3 aliphatic heterocycles. The molecule has 8 heteroatoms. The van der Waals surface area contributed by atoms with Gasteiger partial charge in [-0.3, -0.25) is 14.4 Å². The van der Waals surface area contributed by atoms with Gasteiger partial charge in [0.05, 0.1) is 11.7 Å². The summed E-state index contributed by atoms with van der Waals surface area (Å²) in [7, 11) is 0. The van der Waals surface area contributed by atoms with Crippen LogP contribution in [-0.4, -0.2) is 91.5 Å². The van der Waals surface area contributed by atoms with E-state index in [-0.39, 0.29) is 47.6 Å². The topological polar surface area (TPSA) is 82.2 Å². The first-order valence-corrected chi connectivity index (χ1v) is 13.8. The number of amides is 2. The maximum atomic E-state index is 14.0. The molecule has 0 bridgehead atoms. The van der Waals surface area contributed by atoms with Crippen LogP contribution in [0, 0.1) is 17.3 Å². The average molecular weight is 513 g/mol. The van der Waals surface area contributed by atoms with Gasteiger partial charge >= 0.3 is 0 Å². The van der Waals surface area contributed by atoms with Crippen LogP contribution in [0.4, 0.5) is 5.69 Å². The highest BCUT2D eigenvalue weighted by Crippen LogP contribution is 2.37. The Morgan fingerprint density at radius 1 is 1.11 bits per heavy atom. The van der Waals surface area contributed by atoms with Crippen molar-refractivity contribution in [3.8, 4) is 0 Å². The second-order valence-corrected chi connectivity index (χ2v) is 12.3. The number of hydrogen-bond acceptors (Lipinski definition) is 6. The van der Waals surface area contributed by atoms with E-state index in [0.29, 0.717) is 18.5 Å². The molecule has 3 aliphatic rings. The van der Waals surface area contributed by atoms with Crippen molar-refractivity contribution >= 4 is 23.3 Å². The lowest BCUT2D eigenvalue weighted by Crippen LogP contribution is -2.53. The molecule has 0 unspecified atom stereocenters. The van der Waals surface area contributed by atoms with E-state index in [2.05, 4.69) is 56.7 Å². The first-order valence-electron chi connectivity index (χ1n) is 13.8. The van der Waals surface area contributed by atoms with Gasteiger partial charge in [-0.1, -0.05) is 53.7 Å². The quantitative estimate of drug-likeness (QED) is 0.605. The number of benzene rings is 1. The molecule has 1 N–H and O–H groups in total. The second-order valence-electron chi connectivity index (χ2n) is 12.3. The molecule has 0 aromatic heterocycles. The highest BCUT2D eigenvalue weighted by Gasteiger charge is 2.53. The Balaban J connectivity index is 1.56. The molecule has 0 spiro atoms. The van der Waals surface area contributed by atoms with E-state index >= 15 is 0 Å². The van der Waals surface area contributed by atoms with E-state index in [9.17, 15) is 14.4 Å². The summed E-state index contributed by atoms with van der Waals surface area (Å²) in [6, 6.07) is 6.37. The molecular formula is C29H44N4O4. The standard InChI is InChI=1S/C29H44N4O4/c1-7-31-12-14-32(15-13-31)23-11-9-8-10-20(23)27(35)30-22(16-29(4,5)6)28(36)33-17-21(19(2)3)26-25(33)24(34)18-37-26/h8-11,19,21-22,25-26H,7,12-18H2,1-6H3,(H,30,35)/t21-,22+,25-,26-/m1/s1. The summed E-state index contributed by atoms with van der Waals surface area (Å²) in [5.41, 5.74) is 1.29. The van der Waals surface area contributed by atoms with Gasteiger partial charge in [0.15, 0.2) is 5.78 Å². The molecule has 2 amide bonds. The zero-order valence-corrected chi connectivity index (χ0v) is 23.3. The summed E-state index contributed by atoms with van der Waals surface area (Å²) >= 11 is 0. The molecule has 1 aromatic carbocycles. The molecule has 1 aromatic rings. The number of ketones is 1. The van der Waals surface area contributed by atoms with Gasteiger partial charge in [0.1, 0.15) is 18.7 Å². The number of likely N-dealkylation sites (tertiary alicyclic amines) is 1. The second kappa shape index (κ2) is 11.1. The minimum atomic E-state index is -0.725. The predicted octanol–water partition coefficient (Wildman–Crippen LogP) is 2.81. The molecule has 204 valence electrons. The lowest BCUT2D eigenvalue weighted by molar-refractivity contribution is -0.138. The maximum absolute atomic E-state index is 14.0. The summed E-state index contributed by atoms with van der Waals surface area (Å²) < 4.78 is 5.83. The number of rotatable bonds is 7. The van der Waals surface area contributed by atoms with Gasteiger partial charge in [0.2, 0.25) is 5.91 Å². The van der Waals surface area contributed by atoms with Gasteiger partial charge in [0, 0.05) is 44.3 Å². The highest BCUT2D eigenvalue weighted by molar-refractivity contribution is 6.02. The van der Waals surface area contributed by atoms with Crippen LogP contribution >= 0.6 is 0 Å². The van der Waals surface area contributed by atoms with E-state index in [1.165, 1.54) is 0 Å². The number of nitrogens with zero attached hydrogens (tertiary/aromatic N) is 3. The number of carbonyl (C=O) groups is 3. The van der Waals surface area contributed by atoms with Crippen LogP contribution in [-0.2, 0) is 14.3 Å². The third kappa shape index (κ3) is 6.01. The van der Waals surface area contributed by atoms with E-state index in [1.54, 1.807) is 4.90 Å². The highest BCUT2D eigenvalue weighted by atomic mass is 16.5. The first kappa shape index (κ1) is 27.6. The zero-order chi connectivity index (χ0) is 26.9. The van der Waals surface area contributed by atoms with Gasteiger partial charge in [0.25, 0.3) is 5.91 Å². The first-order chi connectivity index (χ1) is 17.5. The minimum Gasteiger partial charge on any atom is -0.368 e. The summed E-state index contributed by atoms with van der Waals surface area (Å²) in [6.45, 7) is 17.8. The predicted molar refractivity (Wildman–Crippen MR) is 145 cm³/mol. The molecule has 3 fully saturated rings. The molecule has 0 radical (unpaired) electrons. The molecule has 0 aliphatic carbocycles. The fraction of sp³-hybridized carbons (Fsp3) is 0.690. The number of carbonyl (C=O) groups excluding carboxylic acids is 3. The number of likely N-dealkylation sites (N-methyl/N-ethyl adjacent to an activating group) is 1. The summed E-state index contributed by atoms with van der Waals surface area (Å²) in [5, 5.41) is 3.09. The van der Waals surface area contributed by atoms with Crippen molar-refractivity contribution in [3.05, 3.63) is 29.8 Å². The van der Waals surface area contributed by atoms with Crippen molar-refractivity contribution in [1.82, 2.24) is 15.1 Å². The fourth-order valence-electron chi connectivity index (χ4n) is 6.00. The van der Waals surface area contributed by atoms with Crippen LogP contribution < -0.4 is 10.2 Å². The molecule has 0 saturated carbocycles. The Morgan fingerprint density at radius 2 is 1.78 bits per heavy atom. The Labute approximate surface area is 221 Å². The number of Topliss-reactive ketones (excluding diaryl/α,β-unsaturated/α-hetero) is 1. The summed E-state index contributed by atoms with van der Waals surface area (Å²) in [4.78, 5) is 46.8. The smallest absolute Gasteiger partial charge is 0.254 e. The number of fused-ring (bicyclic) bond motifs is 1. The molecule has 4 atom stereocenters. The molecule has 8 nitrogen and oxygen atoms in total. The number of ether oxygens (including phenoxy) is 1. The van der Waals surface area contributed by atoms with Gasteiger partial charge < -0.3 is 24.8 Å². The average Bonchev–Trinajstić information content (AvgIpc) is 3.43. The zero-order valence-electron chi connectivity index (χ0n) is 23.3. The van der Waals surface area contributed by atoms with Gasteiger partial charge in [-0.2, -0.15) is 0 Å². The Bertz CT molecular complexity index is 996. The largest absolute Gasteiger partial charge is 0.368 e. The van der Waals surface area contributed by atoms with Crippen molar-refractivity contribution in [2.45, 2.75) is 66.2 Å². The van der Waals surface area contributed by atoms with Crippen LogP contribution in [0.1, 0.15) is 58.3 Å². The van der Waals surface area contributed by atoms with Crippen LogP contribution in [0.25, 0.3) is 0 Å². The summed E-state index contributed by atoms with van der Waals surface area (Å²) in [6.07, 6.45) is 0.217. The van der Waals surface area contributed by atoms with Crippen LogP contribution in [0.5, 0.6) is 0 Å². The van der Waals surface area contributed by atoms with Crippen molar-refractivity contribution in [3.63, 3.8) is 0 Å². The Morgan fingerprint density at radius 3 is 2.41 bits per heavy atom. The minimum absolute atomic E-state index is 0.0427. The fourth-order valence-corrected chi connectivity index (χ4v) is 6.00. The Hall–Kier alpha value is -2.45. The number of nitrogens with one attached hydrogen (secondary N) is 1. The number of para-hydroxylation sites is 1. The molecule has 37 heavy (non-hydrogen) atoms. The van der Waals surface area contributed by atoms with Crippen molar-refractivity contribution in [1.29, 1.82) is 0 Å². The third-order valence-electron chi connectivity index (χ3n) is 8.09. The summed E-state index contributed by atoms with van der Waals surface area (Å²) in [5.74, 6) is -0.0877. The van der Waals surface area contributed by atoms with E-state index < -0.39 is 12.1 Å². The monoisotopic (exact) mass is 512 g/mol. The third-order valence-corrected chi connectivity index (χ3v) is 8.09.